The van der Waals surface area contributed by atoms with Crippen molar-refractivity contribution in [2.75, 3.05) is 13.1 Å². The smallest absolute Gasteiger partial charge is 0.253 e. The summed E-state index contributed by atoms with van der Waals surface area (Å²) in [5.74, 6) is -0.0422. The van der Waals surface area contributed by atoms with Gasteiger partial charge in [-0.1, -0.05) is 30.9 Å². The van der Waals surface area contributed by atoms with Crippen LogP contribution in [-0.4, -0.2) is 40.2 Å². The first kappa shape index (κ1) is 20.8. The number of pyridine rings is 1. The zero-order valence-electron chi connectivity index (χ0n) is 17.9. The first-order valence-corrected chi connectivity index (χ1v) is 11.1. The van der Waals surface area contributed by atoms with Gasteiger partial charge in [-0.05, 0) is 63.2 Å². The molecule has 1 saturated heterocycles. The van der Waals surface area contributed by atoms with E-state index in [9.17, 15) is 14.4 Å². The van der Waals surface area contributed by atoms with E-state index in [1.165, 1.54) is 0 Å². The Balaban J connectivity index is 1.75. The highest BCUT2D eigenvalue weighted by molar-refractivity contribution is 5.93. The molecule has 1 aromatic carbocycles. The van der Waals surface area contributed by atoms with Gasteiger partial charge in [0.1, 0.15) is 5.54 Å². The molecule has 0 radical (unpaired) electrons. The number of carbonyl (C=O) groups is 2. The number of carbonyl (C=O) groups excluding carboxylic acids is 2. The molecule has 1 aromatic heterocycles. The number of hydrogen-bond acceptors (Lipinski definition) is 4. The van der Waals surface area contributed by atoms with Crippen molar-refractivity contribution in [1.29, 1.82) is 0 Å². The minimum atomic E-state index is -0.872. The molecular weight excluding hydrogens is 378 g/mol. The Kier molecular flexibility index (Phi) is 5.78. The molecule has 2 heterocycles. The fourth-order valence-electron chi connectivity index (χ4n) is 5.07. The lowest BCUT2D eigenvalue weighted by molar-refractivity contribution is -0.150. The van der Waals surface area contributed by atoms with E-state index in [0.717, 1.165) is 48.6 Å². The van der Waals surface area contributed by atoms with Crippen molar-refractivity contribution < 1.29 is 9.59 Å². The Morgan fingerprint density at radius 3 is 2.60 bits per heavy atom. The Morgan fingerprint density at radius 1 is 1.17 bits per heavy atom. The minimum absolute atomic E-state index is 0.00952. The average molecular weight is 410 g/mol. The van der Waals surface area contributed by atoms with E-state index in [1.807, 2.05) is 31.2 Å². The molecule has 1 aliphatic carbocycles. The molecule has 1 atom stereocenters. The zero-order valence-corrected chi connectivity index (χ0v) is 17.9. The Morgan fingerprint density at radius 2 is 1.93 bits per heavy atom. The third-order valence-corrected chi connectivity index (χ3v) is 6.93. The number of fused-ring (bicyclic) bond motifs is 1. The maximum atomic E-state index is 13.7. The molecule has 2 aliphatic rings. The molecule has 30 heavy (non-hydrogen) atoms. The summed E-state index contributed by atoms with van der Waals surface area (Å²) < 4.78 is 0. The summed E-state index contributed by atoms with van der Waals surface area (Å²) >= 11 is 0. The maximum Gasteiger partial charge on any atom is 0.253 e. The first-order valence-electron chi connectivity index (χ1n) is 11.1. The van der Waals surface area contributed by atoms with Gasteiger partial charge in [0.05, 0.1) is 6.54 Å². The van der Waals surface area contributed by atoms with Crippen molar-refractivity contribution in [3.05, 3.63) is 45.7 Å². The summed E-state index contributed by atoms with van der Waals surface area (Å²) in [7, 11) is 0. The van der Waals surface area contributed by atoms with Crippen LogP contribution in [0.15, 0.2) is 29.1 Å². The van der Waals surface area contributed by atoms with Gasteiger partial charge >= 0.3 is 0 Å². The number of hydrogen-bond donors (Lipinski definition) is 2. The molecule has 0 unspecified atom stereocenters. The number of nitrogens with one attached hydrogen (secondary N) is 2. The van der Waals surface area contributed by atoms with Crippen LogP contribution in [0.4, 0.5) is 0 Å². The van der Waals surface area contributed by atoms with Crippen LogP contribution in [-0.2, 0) is 16.1 Å². The van der Waals surface area contributed by atoms with Gasteiger partial charge in [0.25, 0.3) is 5.56 Å². The predicted molar refractivity (Wildman–Crippen MR) is 117 cm³/mol. The molecule has 0 spiro atoms. The van der Waals surface area contributed by atoms with Gasteiger partial charge < -0.3 is 15.2 Å². The van der Waals surface area contributed by atoms with E-state index in [0.29, 0.717) is 25.1 Å². The van der Waals surface area contributed by atoms with Crippen LogP contribution in [0.3, 0.4) is 0 Å². The highest BCUT2D eigenvalue weighted by Gasteiger charge is 2.47. The van der Waals surface area contributed by atoms with Crippen LogP contribution >= 0.6 is 0 Å². The van der Waals surface area contributed by atoms with Crippen molar-refractivity contribution >= 4 is 22.6 Å². The second-order valence-electron chi connectivity index (χ2n) is 8.99. The van der Waals surface area contributed by atoms with Crippen LogP contribution in [0.2, 0.25) is 0 Å². The fourth-order valence-corrected chi connectivity index (χ4v) is 5.07. The van der Waals surface area contributed by atoms with Crippen molar-refractivity contribution in [2.45, 2.75) is 64.5 Å². The third kappa shape index (κ3) is 3.81. The molecule has 0 bridgehead atoms. The molecule has 2 fully saturated rings. The molecule has 2 N–H and O–H groups in total. The van der Waals surface area contributed by atoms with Gasteiger partial charge in [0.2, 0.25) is 5.91 Å². The minimum Gasteiger partial charge on any atom is -0.324 e. The van der Waals surface area contributed by atoms with Crippen LogP contribution < -0.4 is 10.9 Å². The largest absolute Gasteiger partial charge is 0.324 e. The van der Waals surface area contributed by atoms with E-state index in [-0.39, 0.29) is 29.7 Å². The number of aromatic nitrogens is 1. The van der Waals surface area contributed by atoms with Crippen LogP contribution in [0, 0.1) is 12.8 Å². The van der Waals surface area contributed by atoms with Crippen LogP contribution in [0.1, 0.15) is 56.6 Å². The van der Waals surface area contributed by atoms with Crippen molar-refractivity contribution in [2.24, 2.45) is 5.92 Å². The molecule has 2 aromatic rings. The van der Waals surface area contributed by atoms with Gasteiger partial charge in [-0.15, -0.1) is 0 Å². The summed E-state index contributed by atoms with van der Waals surface area (Å²) in [4.78, 5) is 44.0. The molecule has 1 saturated carbocycles. The second kappa shape index (κ2) is 8.34. The summed E-state index contributed by atoms with van der Waals surface area (Å²) in [6, 6.07) is 7.77. The molecule has 1 aliphatic heterocycles. The number of ketones is 1. The lowest BCUT2D eigenvalue weighted by atomic mass is 9.84. The molecule has 6 nitrogen and oxygen atoms in total. The standard InChI is InChI=1S/C24H31N3O3/c1-16-8-9-21-19(12-16)13-20(22(29)26-21)14-27(23(30)18-6-4-3-5-7-18)24(17(2)28)10-11-25-15-24/h8-9,12-13,18,25H,3-7,10-11,14-15H2,1-2H3,(H,26,29)/t24-/m1/s1. The van der Waals surface area contributed by atoms with Crippen molar-refractivity contribution in [3.8, 4) is 0 Å². The second-order valence-corrected chi connectivity index (χ2v) is 8.99. The monoisotopic (exact) mass is 409 g/mol. The molecule has 6 heteroatoms. The fraction of sp³-hybridized carbons (Fsp3) is 0.542. The molecule has 1 amide bonds. The maximum absolute atomic E-state index is 13.7. The molecule has 4 rings (SSSR count). The van der Waals surface area contributed by atoms with E-state index >= 15 is 0 Å². The highest BCUT2D eigenvalue weighted by Crippen LogP contribution is 2.32. The van der Waals surface area contributed by atoms with Crippen molar-refractivity contribution in [1.82, 2.24) is 15.2 Å². The lowest BCUT2D eigenvalue weighted by Gasteiger charge is -2.41. The summed E-state index contributed by atoms with van der Waals surface area (Å²) in [6.45, 7) is 4.89. The zero-order chi connectivity index (χ0) is 21.3. The van der Waals surface area contributed by atoms with Gasteiger partial charge in [-0.25, -0.2) is 0 Å². The predicted octanol–water partition coefficient (Wildman–Crippen LogP) is 3.07. The summed E-state index contributed by atoms with van der Waals surface area (Å²) in [5, 5.41) is 4.21. The lowest BCUT2D eigenvalue weighted by Crippen LogP contribution is -2.59. The SMILES string of the molecule is CC(=O)[C@@]1(N(Cc2cc3cc(C)ccc3[nH]c2=O)C(=O)C2CCCCC2)CCNC1. The highest BCUT2D eigenvalue weighted by atomic mass is 16.2. The van der Waals surface area contributed by atoms with Crippen molar-refractivity contribution in [3.63, 3.8) is 0 Å². The Bertz CT molecular complexity index is 1010. The quantitative estimate of drug-likeness (QED) is 0.795. The first-order chi connectivity index (χ1) is 14.4. The number of Topliss-reactive ketones (excluding diaryl/α,β-unsaturated/α-hetero) is 1. The summed E-state index contributed by atoms with van der Waals surface area (Å²) in [5.41, 5.74) is 1.35. The number of aromatic amines is 1. The number of aryl methyl sites for hydroxylation is 1. The Labute approximate surface area is 177 Å². The van der Waals surface area contributed by atoms with Gasteiger partial charge in [0.15, 0.2) is 5.78 Å². The number of amides is 1. The molecular formula is C24H31N3O3. The van der Waals surface area contributed by atoms with Gasteiger partial charge in [-0.3, -0.25) is 14.4 Å². The summed E-state index contributed by atoms with van der Waals surface area (Å²) in [6.07, 6.45) is 5.57. The molecule has 160 valence electrons. The van der Waals surface area contributed by atoms with E-state index in [2.05, 4.69) is 10.3 Å². The third-order valence-electron chi connectivity index (χ3n) is 6.93. The number of rotatable bonds is 5. The normalized spacial score (nSPS) is 22.3. The average Bonchev–Trinajstić information content (AvgIpc) is 3.24. The topological polar surface area (TPSA) is 82.3 Å². The Hall–Kier alpha value is -2.47. The van der Waals surface area contributed by atoms with Crippen LogP contribution in [0.5, 0.6) is 0 Å². The van der Waals surface area contributed by atoms with E-state index in [1.54, 1.807) is 11.8 Å². The number of H-pyrrole nitrogens is 1. The number of benzene rings is 1. The van der Waals surface area contributed by atoms with E-state index in [4.69, 9.17) is 0 Å². The van der Waals surface area contributed by atoms with Crippen LogP contribution in [0.25, 0.3) is 10.9 Å². The van der Waals surface area contributed by atoms with Gasteiger partial charge in [0, 0.05) is 23.5 Å². The van der Waals surface area contributed by atoms with E-state index < -0.39 is 5.54 Å². The number of nitrogens with zero attached hydrogens (tertiary/aromatic N) is 1. The van der Waals surface area contributed by atoms with Gasteiger partial charge in [-0.2, -0.15) is 0 Å².